The van der Waals surface area contributed by atoms with Crippen LogP contribution >= 0.6 is 12.2 Å². The van der Waals surface area contributed by atoms with Crippen molar-refractivity contribution in [3.63, 3.8) is 0 Å². The van der Waals surface area contributed by atoms with Crippen LogP contribution in [0, 0.1) is 0 Å². The van der Waals surface area contributed by atoms with Gasteiger partial charge >= 0.3 is 6.03 Å². The van der Waals surface area contributed by atoms with Crippen molar-refractivity contribution in [2.75, 3.05) is 31.1 Å². The number of carbonyl (C=O) groups excluding carboxylic acids is 1. The van der Waals surface area contributed by atoms with E-state index in [0.717, 1.165) is 18.7 Å². The third-order valence-electron chi connectivity index (χ3n) is 3.94. The first-order valence-electron chi connectivity index (χ1n) is 7.69. The van der Waals surface area contributed by atoms with Gasteiger partial charge in [-0.1, -0.05) is 60.7 Å². The highest BCUT2D eigenvalue weighted by Crippen LogP contribution is 2.15. The van der Waals surface area contributed by atoms with Crippen LogP contribution in [0.15, 0.2) is 60.7 Å². The van der Waals surface area contributed by atoms with Crippen molar-refractivity contribution in [3.8, 4) is 0 Å². The SMILES string of the molecule is O=C(NC(=S)c1ccccc1)N1CCN(c2ccccc2)CC1. The van der Waals surface area contributed by atoms with Crippen LogP contribution in [0.25, 0.3) is 0 Å². The normalized spacial score (nSPS) is 14.4. The van der Waals surface area contributed by atoms with Crippen LogP contribution in [0.1, 0.15) is 5.56 Å². The molecule has 0 spiro atoms. The average Bonchev–Trinajstić information content (AvgIpc) is 2.63. The topological polar surface area (TPSA) is 35.6 Å². The quantitative estimate of drug-likeness (QED) is 0.863. The van der Waals surface area contributed by atoms with E-state index in [0.29, 0.717) is 18.1 Å². The summed E-state index contributed by atoms with van der Waals surface area (Å²) >= 11 is 5.30. The lowest BCUT2D eigenvalue weighted by atomic mass is 10.2. The molecular formula is C18H19N3OS. The van der Waals surface area contributed by atoms with Crippen molar-refractivity contribution in [1.82, 2.24) is 10.2 Å². The molecule has 0 atom stereocenters. The summed E-state index contributed by atoms with van der Waals surface area (Å²) in [7, 11) is 0. The Morgan fingerprint density at radius 2 is 1.43 bits per heavy atom. The lowest BCUT2D eigenvalue weighted by molar-refractivity contribution is 0.199. The number of amides is 2. The van der Waals surface area contributed by atoms with Crippen LogP contribution in [0.3, 0.4) is 0 Å². The highest BCUT2D eigenvalue weighted by molar-refractivity contribution is 7.80. The van der Waals surface area contributed by atoms with Gasteiger partial charge in [-0.3, -0.25) is 5.32 Å². The predicted molar refractivity (Wildman–Crippen MR) is 96.9 cm³/mol. The van der Waals surface area contributed by atoms with Gasteiger partial charge in [-0.15, -0.1) is 0 Å². The lowest BCUT2D eigenvalue weighted by Gasteiger charge is -2.36. The number of hydrogen-bond donors (Lipinski definition) is 1. The zero-order chi connectivity index (χ0) is 16.1. The minimum atomic E-state index is -0.119. The number of thiocarbonyl (C=S) groups is 1. The van der Waals surface area contributed by atoms with E-state index in [4.69, 9.17) is 12.2 Å². The van der Waals surface area contributed by atoms with E-state index in [1.165, 1.54) is 5.69 Å². The number of anilines is 1. The van der Waals surface area contributed by atoms with Gasteiger partial charge < -0.3 is 9.80 Å². The summed E-state index contributed by atoms with van der Waals surface area (Å²) in [5.41, 5.74) is 2.06. The summed E-state index contributed by atoms with van der Waals surface area (Å²) in [6.45, 7) is 3.04. The first-order valence-corrected chi connectivity index (χ1v) is 8.10. The molecule has 0 unspecified atom stereocenters. The number of piperazine rings is 1. The Morgan fingerprint density at radius 3 is 2.04 bits per heavy atom. The summed E-state index contributed by atoms with van der Waals surface area (Å²) in [6.07, 6.45) is 0. The van der Waals surface area contributed by atoms with Crippen molar-refractivity contribution >= 4 is 28.9 Å². The minimum Gasteiger partial charge on any atom is -0.368 e. The number of rotatable bonds is 2. The molecule has 0 bridgehead atoms. The zero-order valence-corrected chi connectivity index (χ0v) is 13.6. The molecule has 0 saturated carbocycles. The zero-order valence-electron chi connectivity index (χ0n) is 12.8. The van der Waals surface area contributed by atoms with Gasteiger partial charge in [0, 0.05) is 37.4 Å². The molecule has 0 aliphatic carbocycles. The number of urea groups is 1. The van der Waals surface area contributed by atoms with Crippen LogP contribution in [-0.2, 0) is 0 Å². The van der Waals surface area contributed by atoms with Gasteiger partial charge in [-0.2, -0.15) is 0 Å². The lowest BCUT2D eigenvalue weighted by Crippen LogP contribution is -2.52. The number of benzene rings is 2. The van der Waals surface area contributed by atoms with Crippen molar-refractivity contribution in [2.24, 2.45) is 0 Å². The molecule has 3 rings (SSSR count). The average molecular weight is 325 g/mol. The van der Waals surface area contributed by atoms with E-state index < -0.39 is 0 Å². The standard InChI is InChI=1S/C18H19N3OS/c22-18(19-17(23)15-7-3-1-4-8-15)21-13-11-20(12-14-21)16-9-5-2-6-10-16/h1-10H,11-14H2,(H,19,22,23). The van der Waals surface area contributed by atoms with Crippen molar-refractivity contribution in [1.29, 1.82) is 0 Å². The molecule has 2 amide bonds. The fourth-order valence-electron chi connectivity index (χ4n) is 2.64. The van der Waals surface area contributed by atoms with E-state index in [1.807, 2.05) is 53.4 Å². The fourth-order valence-corrected chi connectivity index (χ4v) is 2.87. The Morgan fingerprint density at radius 1 is 0.870 bits per heavy atom. The van der Waals surface area contributed by atoms with Crippen LogP contribution in [0.4, 0.5) is 10.5 Å². The van der Waals surface area contributed by atoms with Gasteiger partial charge in [0.25, 0.3) is 0 Å². The molecule has 2 aromatic rings. The van der Waals surface area contributed by atoms with Crippen molar-refractivity contribution in [3.05, 3.63) is 66.2 Å². The molecular weight excluding hydrogens is 306 g/mol. The second-order valence-electron chi connectivity index (χ2n) is 5.43. The van der Waals surface area contributed by atoms with E-state index in [9.17, 15) is 4.79 Å². The van der Waals surface area contributed by atoms with Gasteiger partial charge in [0.2, 0.25) is 0 Å². The summed E-state index contributed by atoms with van der Waals surface area (Å²) in [6, 6.07) is 19.7. The Balaban J connectivity index is 1.53. The van der Waals surface area contributed by atoms with E-state index in [2.05, 4.69) is 22.3 Å². The first kappa shape index (κ1) is 15.5. The second kappa shape index (κ2) is 7.24. The molecule has 0 radical (unpaired) electrons. The maximum Gasteiger partial charge on any atom is 0.322 e. The Hall–Kier alpha value is -2.40. The minimum absolute atomic E-state index is 0.119. The number of nitrogens with one attached hydrogen (secondary N) is 1. The molecule has 23 heavy (non-hydrogen) atoms. The highest BCUT2D eigenvalue weighted by atomic mass is 32.1. The van der Waals surface area contributed by atoms with Gasteiger partial charge in [-0.25, -0.2) is 4.79 Å². The molecule has 1 fully saturated rings. The maximum atomic E-state index is 12.3. The van der Waals surface area contributed by atoms with Crippen LogP contribution in [-0.4, -0.2) is 42.1 Å². The molecule has 0 aromatic heterocycles. The van der Waals surface area contributed by atoms with Crippen molar-refractivity contribution in [2.45, 2.75) is 0 Å². The molecule has 2 aromatic carbocycles. The molecule has 5 heteroatoms. The fraction of sp³-hybridized carbons (Fsp3) is 0.222. The highest BCUT2D eigenvalue weighted by Gasteiger charge is 2.21. The number of hydrogen-bond acceptors (Lipinski definition) is 3. The first-order chi connectivity index (χ1) is 11.2. The number of nitrogens with zero attached hydrogens (tertiary/aromatic N) is 2. The molecule has 118 valence electrons. The predicted octanol–water partition coefficient (Wildman–Crippen LogP) is 2.89. The summed E-state index contributed by atoms with van der Waals surface area (Å²) in [5.74, 6) is 0. The molecule has 1 heterocycles. The van der Waals surface area contributed by atoms with Gasteiger partial charge in [0.15, 0.2) is 0 Å². The van der Waals surface area contributed by atoms with E-state index >= 15 is 0 Å². The maximum absolute atomic E-state index is 12.3. The largest absolute Gasteiger partial charge is 0.368 e. The van der Waals surface area contributed by atoms with Gasteiger partial charge in [0.05, 0.1) is 0 Å². The molecule has 1 aliphatic heterocycles. The summed E-state index contributed by atoms with van der Waals surface area (Å²) in [5, 5.41) is 2.82. The van der Waals surface area contributed by atoms with Gasteiger partial charge in [-0.05, 0) is 12.1 Å². The van der Waals surface area contributed by atoms with E-state index in [1.54, 1.807) is 0 Å². The molecule has 1 saturated heterocycles. The molecule has 1 aliphatic rings. The Kier molecular flexibility index (Phi) is 4.88. The number of para-hydroxylation sites is 1. The Bertz CT molecular complexity index is 667. The molecule has 1 N–H and O–H groups in total. The monoisotopic (exact) mass is 325 g/mol. The second-order valence-corrected chi connectivity index (χ2v) is 5.84. The van der Waals surface area contributed by atoms with Crippen LogP contribution < -0.4 is 10.2 Å². The van der Waals surface area contributed by atoms with Crippen LogP contribution in [0.2, 0.25) is 0 Å². The van der Waals surface area contributed by atoms with E-state index in [-0.39, 0.29) is 6.03 Å². The Labute approximate surface area is 141 Å². The van der Waals surface area contributed by atoms with Crippen molar-refractivity contribution < 1.29 is 4.79 Å². The van der Waals surface area contributed by atoms with Gasteiger partial charge in [0.1, 0.15) is 4.99 Å². The smallest absolute Gasteiger partial charge is 0.322 e. The third-order valence-corrected chi connectivity index (χ3v) is 4.28. The van der Waals surface area contributed by atoms with Crippen LogP contribution in [0.5, 0.6) is 0 Å². The number of carbonyl (C=O) groups is 1. The third kappa shape index (κ3) is 3.87. The summed E-state index contributed by atoms with van der Waals surface area (Å²) in [4.78, 5) is 16.9. The summed E-state index contributed by atoms with van der Waals surface area (Å²) < 4.78 is 0. The molecule has 4 nitrogen and oxygen atoms in total.